The van der Waals surface area contributed by atoms with Gasteiger partial charge in [0.15, 0.2) is 6.29 Å². The van der Waals surface area contributed by atoms with Crippen LogP contribution in [0.5, 0.6) is 0 Å². The van der Waals surface area contributed by atoms with Crippen LogP contribution in [0, 0.1) is 23.7 Å². The molecular formula is C31H53BI3O2V+. The summed E-state index contributed by atoms with van der Waals surface area (Å²) in [5.41, 5.74) is 5.94. The average molecular weight is 900 g/mol. The molecule has 0 spiro atoms. The van der Waals surface area contributed by atoms with Crippen LogP contribution in [0.2, 0.25) is 0 Å². The Morgan fingerprint density at radius 2 is 1.29 bits per heavy atom. The topological polar surface area (TPSA) is 18.5 Å². The first-order valence-corrected chi connectivity index (χ1v) is 27.1. The third-order valence-electron chi connectivity index (χ3n) is 6.66. The molecule has 0 heterocycles. The van der Waals surface area contributed by atoms with Gasteiger partial charge in [0.25, 0.3) is 0 Å². The van der Waals surface area contributed by atoms with E-state index >= 15 is 0 Å². The van der Waals surface area contributed by atoms with Gasteiger partial charge in [-0.15, -0.1) is 6.58 Å². The molecule has 2 aliphatic rings. The van der Waals surface area contributed by atoms with Crippen LogP contribution in [0.15, 0.2) is 59.3 Å². The van der Waals surface area contributed by atoms with E-state index in [0.717, 1.165) is 42.9 Å². The van der Waals surface area contributed by atoms with Gasteiger partial charge in [-0.05, 0) is 93.6 Å². The zero-order chi connectivity index (χ0) is 28.4. The van der Waals surface area contributed by atoms with Gasteiger partial charge < -0.3 is 9.47 Å². The molecule has 7 heteroatoms. The van der Waals surface area contributed by atoms with Crippen LogP contribution in [-0.4, -0.2) is 28.9 Å². The van der Waals surface area contributed by atoms with Crippen molar-refractivity contribution in [2.45, 2.75) is 99.2 Å². The average Bonchev–Trinajstić information content (AvgIpc) is 2.80. The summed E-state index contributed by atoms with van der Waals surface area (Å²) >= 11 is 7.39. The molecule has 2 aliphatic carbocycles. The molecule has 0 aromatic heterocycles. The molecule has 2 unspecified atom stereocenters. The normalized spacial score (nSPS) is 18.9. The SMILES string of the molecule is C=CCCC1=CCC(CC(C)C)C=C1C.COC(CCC1=CCC(CC(C)C)C=C1C)OC.[B].[H+].[I][V]([I])[I]. The van der Waals surface area contributed by atoms with Crippen molar-refractivity contribution < 1.29 is 15.8 Å². The second-order valence-electron chi connectivity index (χ2n) is 10.9. The Morgan fingerprint density at radius 1 is 0.895 bits per heavy atom. The Labute approximate surface area is 277 Å². The van der Waals surface area contributed by atoms with Crippen LogP contribution in [-0.2, 0) is 14.4 Å². The van der Waals surface area contributed by atoms with E-state index < -0.39 is 0 Å². The van der Waals surface area contributed by atoms with Crippen LogP contribution in [0.4, 0.5) is 0 Å². The number of methoxy groups -OCH3 is 2. The first-order chi connectivity index (χ1) is 17.4. The molecule has 0 fully saturated rings. The summed E-state index contributed by atoms with van der Waals surface area (Å²) in [4.78, 5) is -0.278. The molecule has 0 aromatic carbocycles. The second kappa shape index (κ2) is 25.0. The summed E-state index contributed by atoms with van der Waals surface area (Å²) in [6.45, 7) is 17.5. The summed E-state index contributed by atoms with van der Waals surface area (Å²) in [5.74, 6) is 3.09. The van der Waals surface area contributed by atoms with Crippen molar-refractivity contribution in [1.29, 1.82) is 0 Å². The number of ether oxygens (including phenoxy) is 2. The number of rotatable bonds is 12. The quantitative estimate of drug-likeness (QED) is 0.0841. The Bertz CT molecular complexity index is 760. The number of hydrogen-bond acceptors (Lipinski definition) is 2. The summed E-state index contributed by atoms with van der Waals surface area (Å²) < 4.78 is 10.5. The van der Waals surface area contributed by atoms with Crippen molar-refractivity contribution in [2.75, 3.05) is 14.2 Å². The molecule has 0 bridgehead atoms. The number of allylic oxidation sites excluding steroid dienone is 9. The van der Waals surface area contributed by atoms with E-state index in [0.29, 0.717) is 0 Å². The molecular weight excluding hydrogens is 847 g/mol. The van der Waals surface area contributed by atoms with Crippen molar-refractivity contribution >= 4 is 68.3 Å². The van der Waals surface area contributed by atoms with Crippen LogP contribution in [0.25, 0.3) is 0 Å². The van der Waals surface area contributed by atoms with Gasteiger partial charge >= 0.3 is 66.3 Å². The first-order valence-electron chi connectivity index (χ1n) is 13.6. The van der Waals surface area contributed by atoms with Gasteiger partial charge in [-0.25, -0.2) is 0 Å². The molecule has 0 amide bonds. The molecule has 3 radical (unpaired) electrons. The van der Waals surface area contributed by atoms with Crippen LogP contribution >= 0.6 is 59.9 Å². The van der Waals surface area contributed by atoms with E-state index in [1.807, 2.05) is 6.08 Å². The van der Waals surface area contributed by atoms with Crippen LogP contribution < -0.4 is 0 Å². The Morgan fingerprint density at radius 3 is 1.61 bits per heavy atom. The predicted molar refractivity (Wildman–Crippen MR) is 194 cm³/mol. The van der Waals surface area contributed by atoms with Gasteiger partial charge in [0, 0.05) is 29.1 Å². The van der Waals surface area contributed by atoms with Gasteiger partial charge in [-0.1, -0.05) is 69.2 Å². The molecule has 0 aliphatic heterocycles. The van der Waals surface area contributed by atoms with Crippen molar-refractivity contribution in [3.05, 3.63) is 59.3 Å². The Hall–Kier alpha value is 1.46. The van der Waals surface area contributed by atoms with E-state index in [1.165, 1.54) is 54.4 Å². The molecule has 2 atom stereocenters. The molecule has 2 nitrogen and oxygen atoms in total. The van der Waals surface area contributed by atoms with E-state index in [4.69, 9.17) is 9.47 Å². The fraction of sp³-hybridized carbons (Fsp3) is 0.677. The molecule has 0 saturated heterocycles. The van der Waals surface area contributed by atoms with Crippen molar-refractivity contribution in [1.82, 2.24) is 0 Å². The van der Waals surface area contributed by atoms with Crippen molar-refractivity contribution in [3.8, 4) is 0 Å². The van der Waals surface area contributed by atoms with Crippen molar-refractivity contribution in [3.63, 3.8) is 0 Å². The van der Waals surface area contributed by atoms with E-state index in [9.17, 15) is 0 Å². The van der Waals surface area contributed by atoms with Crippen LogP contribution in [0.3, 0.4) is 0 Å². The zero-order valence-electron chi connectivity index (χ0n) is 26.1. The van der Waals surface area contributed by atoms with Gasteiger partial charge in [0.1, 0.15) is 0 Å². The molecule has 0 saturated carbocycles. The third-order valence-corrected chi connectivity index (χ3v) is 6.66. The fourth-order valence-electron chi connectivity index (χ4n) is 4.97. The van der Waals surface area contributed by atoms with Gasteiger partial charge in [0.2, 0.25) is 0 Å². The summed E-state index contributed by atoms with van der Waals surface area (Å²) in [5, 5.41) is 0. The first kappa shape index (κ1) is 41.6. The van der Waals surface area contributed by atoms with Gasteiger partial charge in [0.05, 0.1) is 0 Å². The van der Waals surface area contributed by atoms with E-state index in [1.54, 1.807) is 14.2 Å². The van der Waals surface area contributed by atoms with Crippen LogP contribution in [0.1, 0.15) is 94.3 Å². The van der Waals surface area contributed by atoms with E-state index in [-0.39, 0.29) is 21.1 Å². The number of hydrogen-bond donors (Lipinski definition) is 0. The summed E-state index contributed by atoms with van der Waals surface area (Å²) in [6.07, 6.45) is 21.0. The maximum absolute atomic E-state index is 5.23. The summed E-state index contributed by atoms with van der Waals surface area (Å²) in [6, 6.07) is 0. The van der Waals surface area contributed by atoms with Gasteiger partial charge in [-0.2, -0.15) is 0 Å². The Kier molecular flexibility index (Phi) is 27.4. The zero-order valence-corrected chi connectivity index (χ0v) is 33.0. The van der Waals surface area contributed by atoms with Gasteiger partial charge in [-0.3, -0.25) is 0 Å². The minimum absolute atomic E-state index is 0. The Balaban J connectivity index is -0.000000564. The molecule has 0 aromatic rings. The molecule has 38 heavy (non-hydrogen) atoms. The summed E-state index contributed by atoms with van der Waals surface area (Å²) in [7, 11) is 3.40. The second-order valence-corrected chi connectivity index (χ2v) is 46.2. The fourth-order valence-corrected chi connectivity index (χ4v) is 4.97. The molecule has 2 rings (SSSR count). The molecule has 0 N–H and O–H groups in total. The van der Waals surface area contributed by atoms with E-state index in [2.05, 4.69) is 132 Å². The standard InChI is InChI=1S/C16H28O2.C15H24.B.3HI.V/c1-12(2)10-14-6-7-15(13(3)11-14)8-9-16(17-4)18-5;1-5-6-7-15-9-8-14(10-12(2)3)11-13(15)4;;;;;/h7,11-12,14,16H,6,8-10H2,1-5H3;5,9,11-12,14H,1,6-8,10H2,2-4H3;;3*1H;/q;;;;;;+3/p-2. The predicted octanol–water partition coefficient (Wildman–Crippen LogP) is 11.6. The maximum atomic E-state index is 5.23. The minimum atomic E-state index is -0.278. The number of halogens is 3. The third kappa shape index (κ3) is 21.2. The monoisotopic (exact) mass is 900 g/mol. The molecule has 217 valence electrons. The van der Waals surface area contributed by atoms with Crippen molar-refractivity contribution in [2.24, 2.45) is 23.7 Å².